The third-order valence-electron chi connectivity index (χ3n) is 5.77. The molecule has 0 aliphatic carbocycles. The predicted octanol–water partition coefficient (Wildman–Crippen LogP) is 0.486. The van der Waals surface area contributed by atoms with E-state index in [1.165, 1.54) is 0 Å². The summed E-state index contributed by atoms with van der Waals surface area (Å²) in [7, 11) is 0. The fraction of sp³-hybridized carbons (Fsp3) is 0.810. The molecule has 0 spiro atoms. The zero-order chi connectivity index (χ0) is 22.4. The molecule has 4 unspecified atom stereocenters. The molecule has 4 atom stereocenters. The van der Waals surface area contributed by atoms with E-state index in [4.69, 9.17) is 0 Å². The first-order valence-electron chi connectivity index (χ1n) is 11.0. The Morgan fingerprint density at radius 3 is 2.30 bits per heavy atom. The van der Waals surface area contributed by atoms with Gasteiger partial charge in [-0.05, 0) is 50.5 Å². The Kier molecular flexibility index (Phi) is 8.64. The van der Waals surface area contributed by atoms with E-state index in [0.717, 1.165) is 25.8 Å². The molecule has 9 heteroatoms. The number of carboxylic acid groups (broad SMARTS) is 1. The Morgan fingerprint density at radius 2 is 1.77 bits per heavy atom. The van der Waals surface area contributed by atoms with Crippen LogP contribution in [0, 0.1) is 11.8 Å². The predicted molar refractivity (Wildman–Crippen MR) is 112 cm³/mol. The van der Waals surface area contributed by atoms with Gasteiger partial charge in [-0.1, -0.05) is 27.7 Å². The third kappa shape index (κ3) is 6.17. The molecule has 0 aromatic carbocycles. The van der Waals surface area contributed by atoms with Crippen molar-refractivity contribution in [2.75, 3.05) is 13.1 Å². The maximum Gasteiger partial charge on any atom is 0.326 e. The molecular weight excluding hydrogens is 388 g/mol. The van der Waals surface area contributed by atoms with E-state index < -0.39 is 30.0 Å². The van der Waals surface area contributed by atoms with Gasteiger partial charge in [0.2, 0.25) is 17.7 Å². The molecule has 2 saturated heterocycles. The van der Waals surface area contributed by atoms with Crippen molar-refractivity contribution in [2.24, 2.45) is 11.8 Å². The van der Waals surface area contributed by atoms with Crippen LogP contribution in [0.5, 0.6) is 0 Å². The molecule has 2 rings (SSSR count). The summed E-state index contributed by atoms with van der Waals surface area (Å²) < 4.78 is 0. The van der Waals surface area contributed by atoms with Crippen LogP contribution in [0.3, 0.4) is 0 Å². The SMILES string of the molecule is CC(C)CC(NC(=O)C(NC(=O)C1CCCN1C(=O)C1CCCN1)C(C)C)C(=O)O. The number of nitrogens with zero attached hydrogens (tertiary/aromatic N) is 1. The first kappa shape index (κ1) is 24.1. The van der Waals surface area contributed by atoms with Crippen LogP contribution in [0.15, 0.2) is 0 Å². The second-order valence-corrected chi connectivity index (χ2v) is 9.10. The van der Waals surface area contributed by atoms with Crippen LogP contribution in [0.4, 0.5) is 0 Å². The van der Waals surface area contributed by atoms with E-state index in [1.807, 2.05) is 13.8 Å². The first-order valence-corrected chi connectivity index (χ1v) is 11.0. The molecule has 30 heavy (non-hydrogen) atoms. The quantitative estimate of drug-likeness (QED) is 0.426. The first-order chi connectivity index (χ1) is 14.1. The molecule has 0 radical (unpaired) electrons. The molecule has 3 amide bonds. The number of nitrogens with one attached hydrogen (secondary N) is 3. The average molecular weight is 425 g/mol. The molecule has 0 aromatic rings. The van der Waals surface area contributed by atoms with E-state index >= 15 is 0 Å². The minimum atomic E-state index is -1.09. The molecule has 2 heterocycles. The standard InChI is InChI=1S/C21H36N4O5/c1-12(2)11-15(21(29)30)23-19(27)17(13(3)4)24-18(26)16-8-6-10-25(16)20(28)14-7-5-9-22-14/h12-17,22H,5-11H2,1-4H3,(H,23,27)(H,24,26)(H,29,30). The van der Waals surface area contributed by atoms with Gasteiger partial charge in [-0.25, -0.2) is 4.79 Å². The summed E-state index contributed by atoms with van der Waals surface area (Å²) in [4.78, 5) is 51.6. The van der Waals surface area contributed by atoms with Gasteiger partial charge < -0.3 is 26.0 Å². The van der Waals surface area contributed by atoms with Crippen LogP contribution in [0.2, 0.25) is 0 Å². The summed E-state index contributed by atoms with van der Waals surface area (Å²) in [5, 5.41) is 17.9. The van der Waals surface area contributed by atoms with Crippen LogP contribution >= 0.6 is 0 Å². The molecule has 2 fully saturated rings. The Balaban J connectivity index is 2.03. The summed E-state index contributed by atoms with van der Waals surface area (Å²) in [6, 6.07) is -2.71. The van der Waals surface area contributed by atoms with Gasteiger partial charge in [0.1, 0.15) is 18.1 Å². The van der Waals surface area contributed by atoms with Crippen molar-refractivity contribution in [3.05, 3.63) is 0 Å². The van der Waals surface area contributed by atoms with Gasteiger partial charge in [-0.15, -0.1) is 0 Å². The average Bonchev–Trinajstić information content (AvgIpc) is 3.35. The van der Waals surface area contributed by atoms with Crippen molar-refractivity contribution in [3.8, 4) is 0 Å². The van der Waals surface area contributed by atoms with E-state index in [1.54, 1.807) is 18.7 Å². The maximum absolute atomic E-state index is 13.0. The van der Waals surface area contributed by atoms with Crippen molar-refractivity contribution in [1.29, 1.82) is 0 Å². The van der Waals surface area contributed by atoms with Crippen molar-refractivity contribution in [2.45, 2.75) is 84.0 Å². The number of aliphatic carboxylic acids is 1. The van der Waals surface area contributed by atoms with Gasteiger partial charge in [-0.2, -0.15) is 0 Å². The normalized spacial score (nSPS) is 23.5. The molecule has 170 valence electrons. The minimum absolute atomic E-state index is 0.0569. The summed E-state index contributed by atoms with van der Waals surface area (Å²) in [6.45, 7) is 8.69. The topological polar surface area (TPSA) is 128 Å². The van der Waals surface area contributed by atoms with E-state index in [2.05, 4.69) is 16.0 Å². The summed E-state index contributed by atoms with van der Waals surface area (Å²) in [5.41, 5.74) is 0. The summed E-state index contributed by atoms with van der Waals surface area (Å²) in [6.07, 6.45) is 3.32. The maximum atomic E-state index is 13.0. The highest BCUT2D eigenvalue weighted by atomic mass is 16.4. The highest BCUT2D eigenvalue weighted by Crippen LogP contribution is 2.21. The zero-order valence-corrected chi connectivity index (χ0v) is 18.4. The molecule has 2 aliphatic heterocycles. The lowest BCUT2D eigenvalue weighted by molar-refractivity contribution is -0.143. The number of carbonyl (C=O) groups is 4. The number of hydrogen-bond donors (Lipinski definition) is 4. The van der Waals surface area contributed by atoms with Crippen molar-refractivity contribution < 1.29 is 24.3 Å². The Hall–Kier alpha value is -2.16. The number of hydrogen-bond acceptors (Lipinski definition) is 5. The lowest BCUT2D eigenvalue weighted by Crippen LogP contribution is -2.58. The van der Waals surface area contributed by atoms with Crippen LogP contribution in [0.1, 0.15) is 59.8 Å². The number of likely N-dealkylation sites (tertiary alicyclic amines) is 1. The van der Waals surface area contributed by atoms with Gasteiger partial charge in [0.05, 0.1) is 6.04 Å². The fourth-order valence-corrected chi connectivity index (χ4v) is 4.14. The zero-order valence-electron chi connectivity index (χ0n) is 18.4. The lowest BCUT2D eigenvalue weighted by atomic mass is 10.00. The van der Waals surface area contributed by atoms with Crippen molar-refractivity contribution in [3.63, 3.8) is 0 Å². The number of rotatable bonds is 9. The van der Waals surface area contributed by atoms with Gasteiger partial charge in [0.25, 0.3) is 0 Å². The molecule has 9 nitrogen and oxygen atoms in total. The third-order valence-corrected chi connectivity index (χ3v) is 5.77. The highest BCUT2D eigenvalue weighted by Gasteiger charge is 2.39. The van der Waals surface area contributed by atoms with Crippen LogP contribution in [-0.2, 0) is 19.2 Å². The van der Waals surface area contributed by atoms with E-state index in [0.29, 0.717) is 19.4 Å². The van der Waals surface area contributed by atoms with Gasteiger partial charge >= 0.3 is 5.97 Å². The summed E-state index contributed by atoms with van der Waals surface area (Å²) in [5.74, 6) is -2.16. The van der Waals surface area contributed by atoms with E-state index in [-0.39, 0.29) is 29.7 Å². The molecule has 2 aliphatic rings. The van der Waals surface area contributed by atoms with Gasteiger partial charge in [0.15, 0.2) is 0 Å². The highest BCUT2D eigenvalue weighted by molar-refractivity contribution is 5.94. The molecular formula is C21H36N4O5. The number of amides is 3. The van der Waals surface area contributed by atoms with Gasteiger partial charge in [0, 0.05) is 6.54 Å². The summed E-state index contributed by atoms with van der Waals surface area (Å²) >= 11 is 0. The largest absolute Gasteiger partial charge is 0.480 e. The van der Waals surface area contributed by atoms with Crippen LogP contribution < -0.4 is 16.0 Å². The molecule has 0 aromatic heterocycles. The minimum Gasteiger partial charge on any atom is -0.480 e. The Labute approximate surface area is 178 Å². The Bertz CT molecular complexity index is 645. The number of carbonyl (C=O) groups excluding carboxylic acids is 3. The number of carboxylic acids is 1. The fourth-order valence-electron chi connectivity index (χ4n) is 4.14. The second-order valence-electron chi connectivity index (χ2n) is 9.10. The van der Waals surface area contributed by atoms with Crippen LogP contribution in [0.25, 0.3) is 0 Å². The van der Waals surface area contributed by atoms with Gasteiger partial charge in [-0.3, -0.25) is 14.4 Å². The molecule has 0 saturated carbocycles. The second kappa shape index (κ2) is 10.7. The van der Waals surface area contributed by atoms with E-state index in [9.17, 15) is 24.3 Å². The monoisotopic (exact) mass is 424 g/mol. The smallest absolute Gasteiger partial charge is 0.326 e. The molecule has 0 bridgehead atoms. The van der Waals surface area contributed by atoms with Crippen molar-refractivity contribution >= 4 is 23.7 Å². The molecule has 4 N–H and O–H groups in total. The van der Waals surface area contributed by atoms with Crippen molar-refractivity contribution in [1.82, 2.24) is 20.9 Å². The lowest BCUT2D eigenvalue weighted by Gasteiger charge is -2.30. The van der Waals surface area contributed by atoms with Crippen LogP contribution in [-0.4, -0.2) is 71.0 Å². The Morgan fingerprint density at radius 1 is 1.07 bits per heavy atom.